The van der Waals surface area contributed by atoms with E-state index in [1.807, 2.05) is 32.9 Å². The van der Waals surface area contributed by atoms with Crippen LogP contribution in [-0.2, 0) is 16.1 Å². The summed E-state index contributed by atoms with van der Waals surface area (Å²) in [5.41, 5.74) is 1.44. The fraction of sp³-hybridized carbons (Fsp3) is 0.318. The molecule has 2 N–H and O–H groups in total. The average molecular weight is 398 g/mol. The van der Waals surface area contributed by atoms with Crippen LogP contribution in [0.4, 0.5) is 10.5 Å². The molecule has 0 unspecified atom stereocenters. The number of hydrogen-bond acceptors (Lipinski definition) is 5. The lowest BCUT2D eigenvalue weighted by molar-refractivity contribution is -0.128. The number of amides is 2. The number of nitrogens with one attached hydrogen (secondary N) is 2. The van der Waals surface area contributed by atoms with Crippen LogP contribution in [-0.4, -0.2) is 24.6 Å². The van der Waals surface area contributed by atoms with Crippen LogP contribution < -0.4 is 15.4 Å². The Labute approximate surface area is 170 Å². The Hall–Kier alpha value is -3.35. The van der Waals surface area contributed by atoms with Crippen LogP contribution in [0.5, 0.6) is 5.75 Å². The van der Waals surface area contributed by atoms with Gasteiger partial charge in [-0.1, -0.05) is 32.9 Å². The smallest absolute Gasteiger partial charge is 0.434 e. The molecule has 29 heavy (non-hydrogen) atoms. The maximum Gasteiger partial charge on any atom is 0.513 e. The fourth-order valence-electron chi connectivity index (χ4n) is 2.33. The molecule has 154 valence electrons. The Morgan fingerprint density at radius 3 is 2.31 bits per heavy atom. The van der Waals surface area contributed by atoms with E-state index < -0.39 is 11.6 Å². The summed E-state index contributed by atoms with van der Waals surface area (Å²) in [7, 11) is 0. The molecule has 2 aromatic rings. The average Bonchev–Trinajstić information content (AvgIpc) is 2.66. The number of rotatable bonds is 6. The van der Waals surface area contributed by atoms with Crippen molar-refractivity contribution >= 4 is 23.7 Å². The van der Waals surface area contributed by atoms with Gasteiger partial charge in [-0.3, -0.25) is 9.59 Å². The zero-order chi connectivity index (χ0) is 21.4. The van der Waals surface area contributed by atoms with Crippen molar-refractivity contribution in [2.45, 2.75) is 34.2 Å². The number of hydrogen-bond donors (Lipinski definition) is 2. The zero-order valence-corrected chi connectivity index (χ0v) is 17.1. The van der Waals surface area contributed by atoms with Crippen molar-refractivity contribution < 1.29 is 23.9 Å². The molecule has 0 saturated heterocycles. The molecule has 2 rings (SSSR count). The normalized spacial score (nSPS) is 10.8. The van der Waals surface area contributed by atoms with E-state index in [1.54, 1.807) is 31.2 Å². The number of benzene rings is 2. The van der Waals surface area contributed by atoms with Gasteiger partial charge in [0.05, 0.1) is 6.61 Å². The van der Waals surface area contributed by atoms with E-state index in [0.29, 0.717) is 17.8 Å². The molecule has 7 heteroatoms. The van der Waals surface area contributed by atoms with Gasteiger partial charge in [-0.15, -0.1) is 0 Å². The Morgan fingerprint density at radius 1 is 1.00 bits per heavy atom. The van der Waals surface area contributed by atoms with Gasteiger partial charge in [-0.25, -0.2) is 4.79 Å². The van der Waals surface area contributed by atoms with Gasteiger partial charge in [0, 0.05) is 23.2 Å². The maximum atomic E-state index is 12.4. The first kappa shape index (κ1) is 21.9. The van der Waals surface area contributed by atoms with Crippen molar-refractivity contribution in [3.8, 4) is 5.75 Å². The van der Waals surface area contributed by atoms with Gasteiger partial charge in [0.1, 0.15) is 5.75 Å². The quantitative estimate of drug-likeness (QED) is 0.563. The lowest BCUT2D eigenvalue weighted by Crippen LogP contribution is -2.34. The van der Waals surface area contributed by atoms with Crippen molar-refractivity contribution in [1.82, 2.24) is 5.32 Å². The molecule has 0 aliphatic heterocycles. The second-order valence-electron chi connectivity index (χ2n) is 7.40. The minimum atomic E-state index is -0.792. The molecule has 7 nitrogen and oxygen atoms in total. The Morgan fingerprint density at radius 2 is 1.69 bits per heavy atom. The van der Waals surface area contributed by atoms with Crippen LogP contribution in [0.25, 0.3) is 0 Å². The summed E-state index contributed by atoms with van der Waals surface area (Å²) in [5.74, 6) is -0.0581. The Balaban J connectivity index is 1.96. The SMILES string of the molecule is CCOC(=O)Oc1ccc(C(=O)Nc2cccc(CNC(=O)C(C)(C)C)c2)cc1. The van der Waals surface area contributed by atoms with E-state index in [4.69, 9.17) is 9.47 Å². The first-order chi connectivity index (χ1) is 13.7. The Kier molecular flexibility index (Phi) is 7.36. The van der Waals surface area contributed by atoms with Crippen LogP contribution in [0, 0.1) is 5.41 Å². The summed E-state index contributed by atoms with van der Waals surface area (Å²) < 4.78 is 9.67. The van der Waals surface area contributed by atoms with Gasteiger partial charge >= 0.3 is 6.16 Å². The summed E-state index contributed by atoms with van der Waals surface area (Å²) in [6.07, 6.45) is -0.792. The number of ether oxygens (including phenoxy) is 2. The Bertz CT molecular complexity index is 870. The highest BCUT2D eigenvalue weighted by atomic mass is 16.7. The summed E-state index contributed by atoms with van der Waals surface area (Å²) in [4.78, 5) is 35.7. The minimum absolute atomic E-state index is 0.0444. The molecule has 0 aliphatic rings. The van der Waals surface area contributed by atoms with Crippen molar-refractivity contribution in [2.24, 2.45) is 5.41 Å². The van der Waals surface area contributed by atoms with Crippen molar-refractivity contribution in [3.05, 3.63) is 59.7 Å². The minimum Gasteiger partial charge on any atom is -0.434 e. The van der Waals surface area contributed by atoms with Crippen LogP contribution in [0.1, 0.15) is 43.6 Å². The summed E-state index contributed by atoms with van der Waals surface area (Å²) in [5, 5.41) is 5.69. The highest BCUT2D eigenvalue weighted by molar-refractivity contribution is 6.04. The third kappa shape index (κ3) is 6.95. The van der Waals surface area contributed by atoms with E-state index in [1.165, 1.54) is 12.1 Å². The van der Waals surface area contributed by atoms with Crippen molar-refractivity contribution in [3.63, 3.8) is 0 Å². The van der Waals surface area contributed by atoms with E-state index >= 15 is 0 Å². The number of carbonyl (C=O) groups excluding carboxylic acids is 3. The molecule has 0 bridgehead atoms. The monoisotopic (exact) mass is 398 g/mol. The van der Waals surface area contributed by atoms with Gasteiger partial charge in [0.2, 0.25) is 5.91 Å². The number of anilines is 1. The third-order valence-electron chi connectivity index (χ3n) is 3.90. The molecule has 0 fully saturated rings. The molecule has 2 aromatic carbocycles. The van der Waals surface area contributed by atoms with E-state index in [2.05, 4.69) is 10.6 Å². The van der Waals surface area contributed by atoms with Gasteiger partial charge in [0.25, 0.3) is 5.91 Å². The predicted octanol–water partition coefficient (Wildman–Crippen LogP) is 4.14. The topological polar surface area (TPSA) is 93.7 Å². The summed E-state index contributed by atoms with van der Waals surface area (Å²) in [6, 6.07) is 13.4. The van der Waals surface area contributed by atoms with Crippen LogP contribution in [0.15, 0.2) is 48.5 Å². The largest absolute Gasteiger partial charge is 0.513 e. The lowest BCUT2D eigenvalue weighted by Gasteiger charge is -2.17. The number of carbonyl (C=O) groups is 3. The molecular weight excluding hydrogens is 372 g/mol. The molecule has 0 aromatic heterocycles. The van der Waals surface area contributed by atoms with Gasteiger partial charge < -0.3 is 20.1 Å². The standard InChI is InChI=1S/C22H26N2O5/c1-5-28-21(27)29-18-11-9-16(10-12-18)19(25)24-17-8-6-7-15(13-17)14-23-20(26)22(2,3)4/h6-13H,5,14H2,1-4H3,(H,23,26)(H,24,25). The van der Waals surface area contributed by atoms with Gasteiger partial charge in [-0.2, -0.15) is 0 Å². The molecule has 2 amide bonds. The molecule has 0 radical (unpaired) electrons. The molecule has 0 spiro atoms. The second kappa shape index (κ2) is 9.73. The highest BCUT2D eigenvalue weighted by Gasteiger charge is 2.20. The van der Waals surface area contributed by atoms with E-state index in [9.17, 15) is 14.4 Å². The first-order valence-corrected chi connectivity index (χ1v) is 9.32. The highest BCUT2D eigenvalue weighted by Crippen LogP contribution is 2.17. The molecule has 0 atom stereocenters. The predicted molar refractivity (Wildman–Crippen MR) is 110 cm³/mol. The molecular formula is C22H26N2O5. The van der Waals surface area contributed by atoms with E-state index in [-0.39, 0.29) is 24.2 Å². The van der Waals surface area contributed by atoms with Gasteiger partial charge in [0.15, 0.2) is 0 Å². The third-order valence-corrected chi connectivity index (χ3v) is 3.90. The fourth-order valence-corrected chi connectivity index (χ4v) is 2.33. The molecule has 0 heterocycles. The molecule has 0 aliphatic carbocycles. The first-order valence-electron chi connectivity index (χ1n) is 9.32. The summed E-state index contributed by atoms with van der Waals surface area (Å²) >= 11 is 0. The van der Waals surface area contributed by atoms with E-state index in [0.717, 1.165) is 5.56 Å². The van der Waals surface area contributed by atoms with Gasteiger partial charge in [-0.05, 0) is 48.9 Å². The summed E-state index contributed by atoms with van der Waals surface area (Å²) in [6.45, 7) is 7.83. The maximum absolute atomic E-state index is 12.4. The van der Waals surface area contributed by atoms with Crippen molar-refractivity contribution in [1.29, 1.82) is 0 Å². The van der Waals surface area contributed by atoms with Crippen molar-refractivity contribution in [2.75, 3.05) is 11.9 Å². The second-order valence-corrected chi connectivity index (χ2v) is 7.40. The van der Waals surface area contributed by atoms with Crippen LogP contribution in [0.3, 0.4) is 0 Å². The van der Waals surface area contributed by atoms with Crippen LogP contribution >= 0.6 is 0 Å². The lowest BCUT2D eigenvalue weighted by atomic mass is 9.95. The zero-order valence-electron chi connectivity index (χ0n) is 17.1. The van der Waals surface area contributed by atoms with Crippen LogP contribution in [0.2, 0.25) is 0 Å². The molecule has 0 saturated carbocycles.